The van der Waals surface area contributed by atoms with Gasteiger partial charge in [-0.05, 0) is 51.7 Å². The van der Waals surface area contributed by atoms with Crippen LogP contribution in [0, 0.1) is 20.8 Å². The summed E-state index contributed by atoms with van der Waals surface area (Å²) in [6.07, 6.45) is 5.48. The van der Waals surface area contributed by atoms with Crippen molar-refractivity contribution in [3.8, 4) is 0 Å². The van der Waals surface area contributed by atoms with Crippen molar-refractivity contribution in [3.05, 3.63) is 34.9 Å². The molecule has 0 radical (unpaired) electrons. The molecule has 1 atom stereocenters. The monoisotopic (exact) mass is 329 g/mol. The molecule has 2 aromatic rings. The topological polar surface area (TPSA) is 66.8 Å². The second kappa shape index (κ2) is 7.20. The van der Waals surface area contributed by atoms with Crippen LogP contribution < -0.4 is 0 Å². The first-order valence-corrected chi connectivity index (χ1v) is 8.83. The van der Waals surface area contributed by atoms with Crippen LogP contribution in [0.5, 0.6) is 0 Å². The number of hydrogen-bond donors (Lipinski definition) is 1. The minimum Gasteiger partial charge on any atom is -0.342 e. The summed E-state index contributed by atoms with van der Waals surface area (Å²) in [4.78, 5) is 14.6. The average Bonchev–Trinajstić information content (AvgIpc) is 3.12. The van der Waals surface area contributed by atoms with E-state index in [-0.39, 0.29) is 5.91 Å². The Kier molecular flexibility index (Phi) is 5.02. The molecule has 0 saturated carbocycles. The summed E-state index contributed by atoms with van der Waals surface area (Å²) in [7, 11) is 0. The van der Waals surface area contributed by atoms with Crippen LogP contribution in [0.4, 0.5) is 0 Å². The van der Waals surface area contributed by atoms with E-state index in [1.807, 2.05) is 22.7 Å². The third-order valence-corrected chi connectivity index (χ3v) is 4.91. The number of piperidine rings is 1. The summed E-state index contributed by atoms with van der Waals surface area (Å²) in [5, 5.41) is 11.7. The van der Waals surface area contributed by atoms with Crippen molar-refractivity contribution in [3.63, 3.8) is 0 Å². The molecule has 1 amide bonds. The third-order valence-electron chi connectivity index (χ3n) is 4.91. The van der Waals surface area contributed by atoms with E-state index in [1.165, 1.54) is 11.3 Å². The number of amides is 1. The molecule has 3 rings (SSSR count). The first kappa shape index (κ1) is 16.7. The fraction of sp³-hybridized carbons (Fsp3) is 0.611. The number of hydrogen-bond acceptors (Lipinski definition) is 3. The molecule has 3 heterocycles. The molecule has 0 spiro atoms. The summed E-state index contributed by atoms with van der Waals surface area (Å²) in [5.74, 6) is 0.652. The first-order chi connectivity index (χ1) is 11.5. The minimum atomic E-state index is 0.262. The number of carbonyl (C=O) groups is 1. The van der Waals surface area contributed by atoms with Gasteiger partial charge in [0, 0.05) is 43.4 Å². The lowest BCUT2D eigenvalue weighted by atomic mass is 9.92. The van der Waals surface area contributed by atoms with Crippen LogP contribution in [0.25, 0.3) is 0 Å². The van der Waals surface area contributed by atoms with Crippen molar-refractivity contribution >= 4 is 5.91 Å². The van der Waals surface area contributed by atoms with Gasteiger partial charge in [0.2, 0.25) is 5.91 Å². The number of H-pyrrole nitrogens is 1. The predicted molar refractivity (Wildman–Crippen MR) is 92.8 cm³/mol. The molecule has 0 aromatic carbocycles. The van der Waals surface area contributed by atoms with E-state index in [0.29, 0.717) is 12.3 Å². The maximum Gasteiger partial charge on any atom is 0.222 e. The standard InChI is InChI=1S/C18H27N5O/c1-13-11-19-20-18(13)16-6-4-8-22(12-16)17(24)7-5-9-23-15(3)10-14(2)21-23/h10-11,16H,4-9,12H2,1-3H3,(H,19,20)/t16-/m1/s1. The number of aryl methyl sites for hydroxylation is 4. The van der Waals surface area contributed by atoms with Crippen molar-refractivity contribution in [1.29, 1.82) is 0 Å². The van der Waals surface area contributed by atoms with Crippen molar-refractivity contribution in [2.24, 2.45) is 0 Å². The smallest absolute Gasteiger partial charge is 0.222 e. The van der Waals surface area contributed by atoms with Crippen LogP contribution in [0.15, 0.2) is 12.3 Å². The van der Waals surface area contributed by atoms with E-state index >= 15 is 0 Å². The van der Waals surface area contributed by atoms with Crippen LogP contribution in [-0.4, -0.2) is 43.9 Å². The maximum atomic E-state index is 12.5. The Morgan fingerprint density at radius 2 is 2.21 bits per heavy atom. The Morgan fingerprint density at radius 3 is 2.88 bits per heavy atom. The highest BCUT2D eigenvalue weighted by Crippen LogP contribution is 2.27. The van der Waals surface area contributed by atoms with Crippen LogP contribution in [0.3, 0.4) is 0 Å². The molecule has 1 aliphatic heterocycles. The van der Waals surface area contributed by atoms with Crippen molar-refractivity contribution < 1.29 is 4.79 Å². The lowest BCUT2D eigenvalue weighted by molar-refractivity contribution is -0.132. The highest BCUT2D eigenvalue weighted by molar-refractivity contribution is 5.76. The Hall–Kier alpha value is -2.11. The van der Waals surface area contributed by atoms with Gasteiger partial charge in [-0.3, -0.25) is 14.6 Å². The molecule has 130 valence electrons. The first-order valence-electron chi connectivity index (χ1n) is 8.83. The summed E-state index contributed by atoms with van der Waals surface area (Å²) >= 11 is 0. The van der Waals surface area contributed by atoms with Crippen molar-refractivity contribution in [2.45, 2.75) is 58.9 Å². The Bertz CT molecular complexity index is 702. The highest BCUT2D eigenvalue weighted by Gasteiger charge is 2.26. The summed E-state index contributed by atoms with van der Waals surface area (Å²) in [5.41, 5.74) is 4.58. The second-order valence-electron chi connectivity index (χ2n) is 6.90. The van der Waals surface area contributed by atoms with Gasteiger partial charge in [-0.15, -0.1) is 0 Å². The molecule has 24 heavy (non-hydrogen) atoms. The number of rotatable bonds is 5. The Morgan fingerprint density at radius 1 is 1.38 bits per heavy atom. The van der Waals surface area contributed by atoms with Crippen LogP contribution in [-0.2, 0) is 11.3 Å². The lowest BCUT2D eigenvalue weighted by Crippen LogP contribution is -2.39. The van der Waals surface area contributed by atoms with E-state index in [0.717, 1.165) is 50.3 Å². The largest absolute Gasteiger partial charge is 0.342 e. The van der Waals surface area contributed by atoms with Gasteiger partial charge >= 0.3 is 0 Å². The minimum absolute atomic E-state index is 0.262. The Balaban J connectivity index is 1.51. The zero-order valence-corrected chi connectivity index (χ0v) is 14.9. The van der Waals surface area contributed by atoms with Gasteiger partial charge in [0.15, 0.2) is 0 Å². The molecule has 6 nitrogen and oxygen atoms in total. The summed E-state index contributed by atoms with van der Waals surface area (Å²) in [6, 6.07) is 2.07. The zero-order chi connectivity index (χ0) is 17.1. The number of nitrogens with zero attached hydrogens (tertiary/aromatic N) is 4. The van der Waals surface area contributed by atoms with E-state index in [2.05, 4.69) is 35.2 Å². The molecule has 0 bridgehead atoms. The fourth-order valence-corrected chi connectivity index (χ4v) is 3.65. The van der Waals surface area contributed by atoms with Crippen molar-refractivity contribution in [1.82, 2.24) is 24.9 Å². The van der Waals surface area contributed by atoms with Gasteiger partial charge in [-0.2, -0.15) is 10.2 Å². The van der Waals surface area contributed by atoms with Gasteiger partial charge in [0.25, 0.3) is 0 Å². The van der Waals surface area contributed by atoms with Gasteiger partial charge in [-0.25, -0.2) is 0 Å². The number of aromatic nitrogens is 4. The third kappa shape index (κ3) is 3.68. The van der Waals surface area contributed by atoms with Gasteiger partial charge < -0.3 is 4.90 Å². The van der Waals surface area contributed by atoms with Crippen molar-refractivity contribution in [2.75, 3.05) is 13.1 Å². The number of aromatic amines is 1. The molecule has 1 aliphatic rings. The molecule has 1 N–H and O–H groups in total. The molecule has 1 fully saturated rings. The van der Waals surface area contributed by atoms with E-state index < -0.39 is 0 Å². The average molecular weight is 329 g/mol. The lowest BCUT2D eigenvalue weighted by Gasteiger charge is -2.32. The Labute approximate surface area is 143 Å². The second-order valence-corrected chi connectivity index (χ2v) is 6.90. The van der Waals surface area contributed by atoms with Crippen LogP contribution in [0.1, 0.15) is 54.2 Å². The van der Waals surface area contributed by atoms with E-state index in [9.17, 15) is 4.79 Å². The van der Waals surface area contributed by atoms with Gasteiger partial charge in [-0.1, -0.05) is 0 Å². The van der Waals surface area contributed by atoms with Crippen LogP contribution in [0.2, 0.25) is 0 Å². The maximum absolute atomic E-state index is 12.5. The predicted octanol–water partition coefficient (Wildman–Crippen LogP) is 2.72. The molecule has 0 unspecified atom stereocenters. The molecule has 6 heteroatoms. The molecule has 1 saturated heterocycles. The SMILES string of the molecule is Cc1cc(C)n(CCCC(=O)N2CCC[C@@H](c3[nH]ncc3C)C2)n1. The summed E-state index contributed by atoms with van der Waals surface area (Å²) in [6.45, 7) is 8.63. The quantitative estimate of drug-likeness (QED) is 0.917. The van der Waals surface area contributed by atoms with Gasteiger partial charge in [0.05, 0.1) is 11.9 Å². The van der Waals surface area contributed by atoms with E-state index in [1.54, 1.807) is 0 Å². The van der Waals surface area contributed by atoms with Crippen LogP contribution >= 0.6 is 0 Å². The fourth-order valence-electron chi connectivity index (χ4n) is 3.65. The number of nitrogens with one attached hydrogen (secondary N) is 1. The molecular weight excluding hydrogens is 302 g/mol. The molecule has 2 aromatic heterocycles. The van der Waals surface area contributed by atoms with E-state index in [4.69, 9.17) is 0 Å². The van der Waals surface area contributed by atoms with Gasteiger partial charge in [0.1, 0.15) is 0 Å². The zero-order valence-electron chi connectivity index (χ0n) is 14.9. The molecule has 0 aliphatic carbocycles. The summed E-state index contributed by atoms with van der Waals surface area (Å²) < 4.78 is 2.00. The molecular formula is C18H27N5O. The number of likely N-dealkylation sites (tertiary alicyclic amines) is 1. The normalized spacial score (nSPS) is 18.1. The number of carbonyl (C=O) groups excluding carboxylic acids is 1. The highest BCUT2D eigenvalue weighted by atomic mass is 16.2.